The molecule has 9 nitrogen and oxygen atoms in total. The molecule has 1 aromatic heterocycles. The van der Waals surface area contributed by atoms with E-state index in [1.807, 2.05) is 19.1 Å². The summed E-state index contributed by atoms with van der Waals surface area (Å²) in [5.74, 6) is -10.1. The molecule has 5 atom stereocenters. The number of hydrogen-bond donors (Lipinski definition) is 3. The van der Waals surface area contributed by atoms with Gasteiger partial charge in [0.25, 0.3) is 0 Å². The molecule has 186 valence electrons. The summed E-state index contributed by atoms with van der Waals surface area (Å²) >= 11 is 0. The van der Waals surface area contributed by atoms with Crippen LogP contribution in [0.5, 0.6) is 5.75 Å². The first-order valence-corrected chi connectivity index (χ1v) is 12.1. The molecular weight excluding hydrogens is 464 g/mol. The lowest BCUT2D eigenvalue weighted by Gasteiger charge is -2.48. The van der Waals surface area contributed by atoms with Crippen LogP contribution >= 0.6 is 0 Å². The summed E-state index contributed by atoms with van der Waals surface area (Å²) in [5.41, 5.74) is 4.96. The molecule has 4 N–H and O–H groups in total. The number of fused-ring (bicyclic) bond motifs is 3. The number of aromatic nitrogens is 1. The van der Waals surface area contributed by atoms with E-state index in [0.717, 1.165) is 0 Å². The van der Waals surface area contributed by atoms with Crippen LogP contribution in [0.15, 0.2) is 30.5 Å². The van der Waals surface area contributed by atoms with Gasteiger partial charge in [-0.05, 0) is 54.5 Å². The lowest BCUT2D eigenvalue weighted by Crippen LogP contribution is -2.68. The molecule has 2 aromatic rings. The first-order valence-electron chi connectivity index (χ1n) is 12.1. The maximum Gasteiger partial charge on any atom is 0.235 e. The number of amides is 1. The summed E-state index contributed by atoms with van der Waals surface area (Å²) in [4.78, 5) is 69.2. The largest absolute Gasteiger partial charge is 0.507 e. The lowest BCUT2D eigenvalue weighted by molar-refractivity contribution is -0.175. The van der Waals surface area contributed by atoms with Gasteiger partial charge in [-0.3, -0.25) is 29.0 Å². The Morgan fingerprint density at radius 1 is 1.17 bits per heavy atom. The van der Waals surface area contributed by atoms with E-state index in [0.29, 0.717) is 35.2 Å². The average Bonchev–Trinajstić information content (AvgIpc) is 2.83. The number of Topliss-reactive ketones (excluding diaryl/α,β-unsaturated/α-hetero) is 4. The van der Waals surface area contributed by atoms with Crippen molar-refractivity contribution in [2.75, 3.05) is 0 Å². The number of phenols is 1. The molecule has 1 aromatic carbocycles. The highest BCUT2D eigenvalue weighted by atomic mass is 16.3. The highest BCUT2D eigenvalue weighted by molar-refractivity contribution is 6.31. The van der Waals surface area contributed by atoms with Gasteiger partial charge in [0.15, 0.2) is 34.7 Å². The van der Waals surface area contributed by atoms with Crippen molar-refractivity contribution >= 4 is 29.0 Å². The van der Waals surface area contributed by atoms with E-state index in [1.54, 1.807) is 18.3 Å². The van der Waals surface area contributed by atoms with Gasteiger partial charge < -0.3 is 15.9 Å². The highest BCUT2D eigenvalue weighted by Crippen LogP contribution is 2.51. The minimum atomic E-state index is -2.65. The summed E-state index contributed by atoms with van der Waals surface area (Å²) in [6.07, 6.45) is 2.73. The van der Waals surface area contributed by atoms with E-state index in [2.05, 4.69) is 4.98 Å². The molecule has 3 aliphatic carbocycles. The van der Waals surface area contributed by atoms with Crippen molar-refractivity contribution in [3.05, 3.63) is 47.2 Å². The number of rotatable bonds is 4. The minimum absolute atomic E-state index is 0.00374. The quantitative estimate of drug-likeness (QED) is 0.540. The second-order valence-electron chi connectivity index (χ2n) is 9.99. The van der Waals surface area contributed by atoms with Crippen LogP contribution in [0, 0.1) is 23.7 Å². The topological polar surface area (TPSA) is 165 Å². The van der Waals surface area contributed by atoms with Crippen molar-refractivity contribution in [1.82, 2.24) is 4.98 Å². The first kappa shape index (κ1) is 24.0. The van der Waals surface area contributed by atoms with Gasteiger partial charge in [0.05, 0.1) is 17.2 Å². The van der Waals surface area contributed by atoms with Crippen LogP contribution in [0.2, 0.25) is 0 Å². The molecule has 2 unspecified atom stereocenters. The first-order chi connectivity index (χ1) is 17.1. The zero-order valence-electron chi connectivity index (χ0n) is 19.7. The number of primary amides is 1. The van der Waals surface area contributed by atoms with Gasteiger partial charge >= 0.3 is 0 Å². The molecule has 0 saturated heterocycles. The number of aromatic hydroxyl groups is 1. The molecule has 36 heavy (non-hydrogen) atoms. The average molecular weight is 491 g/mol. The standard InChI is InChI=1S/C27H26N2O7/c1-2-5-12-9-15(17-6-3-4-7-29-17)16-10-13-8-14-11-18(30)21(26(28)35)25(34)27(14,36)24(33)19(13)23(32)20(16)22(12)31/h3-4,6-7,9,13-14,19,21,31,36H,2,5,8,10-11H2,1H3,(H2,28,35)/t13-,14+,19?,21?,27+/m1/s1. The smallest absolute Gasteiger partial charge is 0.235 e. The number of aliphatic hydroxyl groups is 1. The van der Waals surface area contributed by atoms with Crippen molar-refractivity contribution in [1.29, 1.82) is 0 Å². The van der Waals surface area contributed by atoms with Crippen LogP contribution in [-0.4, -0.2) is 49.8 Å². The minimum Gasteiger partial charge on any atom is -0.507 e. The molecule has 0 radical (unpaired) electrons. The van der Waals surface area contributed by atoms with E-state index < -0.39 is 58.3 Å². The molecule has 0 aliphatic heterocycles. The summed E-state index contributed by atoms with van der Waals surface area (Å²) < 4.78 is 0. The lowest BCUT2D eigenvalue weighted by atomic mass is 9.53. The van der Waals surface area contributed by atoms with Gasteiger partial charge in [0.2, 0.25) is 5.91 Å². The Balaban J connectivity index is 1.66. The predicted octanol–water partition coefficient (Wildman–Crippen LogP) is 1.34. The highest BCUT2D eigenvalue weighted by Gasteiger charge is 2.66. The van der Waals surface area contributed by atoms with Crippen LogP contribution in [0.4, 0.5) is 0 Å². The van der Waals surface area contributed by atoms with Crippen molar-refractivity contribution in [2.24, 2.45) is 29.4 Å². The van der Waals surface area contributed by atoms with E-state index >= 15 is 0 Å². The number of carbonyl (C=O) groups excluding carboxylic acids is 5. The fraction of sp³-hybridized carbons (Fsp3) is 0.407. The summed E-state index contributed by atoms with van der Waals surface area (Å²) in [6, 6.07) is 7.20. The normalized spacial score (nSPS) is 29.4. The van der Waals surface area contributed by atoms with Crippen LogP contribution in [-0.2, 0) is 32.0 Å². The van der Waals surface area contributed by atoms with Crippen LogP contribution < -0.4 is 5.73 Å². The van der Waals surface area contributed by atoms with E-state index in [9.17, 15) is 34.2 Å². The monoisotopic (exact) mass is 490 g/mol. The molecule has 1 heterocycles. The zero-order chi connectivity index (χ0) is 25.9. The number of phenolic OH excluding ortho intramolecular Hbond substituents is 1. The second kappa shape index (κ2) is 8.44. The summed E-state index contributed by atoms with van der Waals surface area (Å²) in [6.45, 7) is 1.93. The molecule has 5 rings (SSSR count). The Hall–Kier alpha value is -3.72. The number of hydrogen-bond acceptors (Lipinski definition) is 8. The fourth-order valence-electron chi connectivity index (χ4n) is 6.30. The van der Waals surface area contributed by atoms with E-state index in [-0.39, 0.29) is 30.6 Å². The Bertz CT molecular complexity index is 1340. The second-order valence-corrected chi connectivity index (χ2v) is 9.99. The molecule has 9 heteroatoms. The number of pyridine rings is 1. The number of nitrogens with two attached hydrogens (primary N) is 1. The summed E-state index contributed by atoms with van der Waals surface area (Å²) in [7, 11) is 0. The molecule has 2 fully saturated rings. The SMILES string of the molecule is CCCc1cc(-c2ccccn2)c2c(c1O)C(=O)C1C(=O)[C@]3(O)C(=O)C(C(N)=O)C(=O)C[C@@H]3C[C@@H]1C2. The summed E-state index contributed by atoms with van der Waals surface area (Å²) in [5, 5.41) is 22.4. The van der Waals surface area contributed by atoms with Gasteiger partial charge in [-0.1, -0.05) is 19.4 Å². The van der Waals surface area contributed by atoms with E-state index in [4.69, 9.17) is 5.73 Å². The van der Waals surface area contributed by atoms with Crippen molar-refractivity contribution in [3.63, 3.8) is 0 Å². The number of aryl methyl sites for hydroxylation is 1. The zero-order valence-corrected chi connectivity index (χ0v) is 19.7. The van der Waals surface area contributed by atoms with Crippen LogP contribution in [0.25, 0.3) is 11.3 Å². The van der Waals surface area contributed by atoms with Gasteiger partial charge in [0, 0.05) is 24.1 Å². The molecule has 0 spiro atoms. The molecule has 3 aliphatic rings. The number of ketones is 4. The number of nitrogens with zero attached hydrogens (tertiary/aromatic N) is 1. The van der Waals surface area contributed by atoms with Gasteiger partial charge in [-0.2, -0.15) is 0 Å². The molecular formula is C27H26N2O7. The third kappa shape index (κ3) is 3.26. The maximum absolute atomic E-state index is 13.8. The fourth-order valence-corrected chi connectivity index (χ4v) is 6.30. The van der Waals surface area contributed by atoms with Crippen molar-refractivity contribution < 1.29 is 34.2 Å². The molecule has 2 saturated carbocycles. The van der Waals surface area contributed by atoms with Crippen LogP contribution in [0.3, 0.4) is 0 Å². The molecule has 1 amide bonds. The Labute approximate surface area is 206 Å². The third-order valence-electron chi connectivity index (χ3n) is 7.94. The Morgan fingerprint density at radius 3 is 2.56 bits per heavy atom. The van der Waals surface area contributed by atoms with E-state index in [1.165, 1.54) is 0 Å². The number of carbonyl (C=O) groups is 5. The van der Waals surface area contributed by atoms with Gasteiger partial charge in [0.1, 0.15) is 5.75 Å². The van der Waals surface area contributed by atoms with Crippen molar-refractivity contribution in [3.8, 4) is 17.0 Å². The van der Waals surface area contributed by atoms with Crippen LogP contribution in [0.1, 0.15) is 47.7 Å². The predicted molar refractivity (Wildman–Crippen MR) is 126 cm³/mol. The Morgan fingerprint density at radius 2 is 1.92 bits per heavy atom. The van der Waals surface area contributed by atoms with Gasteiger partial charge in [-0.15, -0.1) is 0 Å². The maximum atomic E-state index is 13.8. The van der Waals surface area contributed by atoms with Gasteiger partial charge in [-0.25, -0.2) is 0 Å². The van der Waals surface area contributed by atoms with Crippen molar-refractivity contribution in [2.45, 2.75) is 44.6 Å². The Kier molecular flexibility index (Phi) is 5.63. The third-order valence-corrected chi connectivity index (χ3v) is 7.94. The molecule has 0 bridgehead atoms. The number of benzene rings is 1.